The largest absolute Gasteiger partial charge is 0.534 e. The van der Waals surface area contributed by atoms with Crippen LogP contribution in [0.1, 0.15) is 48.0 Å². The van der Waals surface area contributed by atoms with Crippen molar-refractivity contribution in [2.45, 2.75) is 64.6 Å². The zero-order valence-electron chi connectivity index (χ0n) is 24.9. The minimum Gasteiger partial charge on any atom is -0.534 e. The molecule has 1 atom stereocenters. The van der Waals surface area contributed by atoms with E-state index in [4.69, 9.17) is 9.16 Å². The molecule has 220 valence electrons. The van der Waals surface area contributed by atoms with E-state index in [0.717, 1.165) is 10.4 Å². The van der Waals surface area contributed by atoms with Gasteiger partial charge in [0.1, 0.15) is 17.4 Å². The van der Waals surface area contributed by atoms with Gasteiger partial charge in [0.15, 0.2) is 0 Å². The zero-order valence-corrected chi connectivity index (χ0v) is 28.3. The standard InChI is InChI=1S/C32H41BrN2O4SSi/c1-31(2,3)38-30(37)35-27(20-21-40-7)29(36)34-28-22-23(18-19-26(28)33)39-41(32(4,5)6,24-14-10-8-11-15-24)25-16-12-9-13-17-25/h8-19,22,27H,20-21H2,1-7H3,(H,34,36)(H,35,37)/t27-/m1/s1. The highest BCUT2D eigenvalue weighted by molar-refractivity contribution is 9.10. The number of amides is 2. The highest BCUT2D eigenvalue weighted by atomic mass is 79.9. The molecule has 0 heterocycles. The van der Waals surface area contributed by atoms with E-state index in [9.17, 15) is 9.59 Å². The fourth-order valence-electron chi connectivity index (χ4n) is 4.66. The van der Waals surface area contributed by atoms with Crippen LogP contribution < -0.4 is 25.4 Å². The maximum Gasteiger partial charge on any atom is 0.408 e. The summed E-state index contributed by atoms with van der Waals surface area (Å²) in [5.41, 5.74) is -0.106. The third kappa shape index (κ3) is 8.62. The van der Waals surface area contributed by atoms with Gasteiger partial charge in [-0.15, -0.1) is 0 Å². The highest BCUT2D eigenvalue weighted by Gasteiger charge is 2.52. The number of anilines is 1. The Hall–Kier alpha value is -2.75. The van der Waals surface area contributed by atoms with Crippen LogP contribution >= 0.6 is 27.7 Å². The van der Waals surface area contributed by atoms with E-state index in [0.29, 0.717) is 28.1 Å². The van der Waals surface area contributed by atoms with Crippen LogP contribution in [0.25, 0.3) is 0 Å². The predicted octanol–water partition coefficient (Wildman–Crippen LogP) is 6.97. The Morgan fingerprint density at radius 3 is 1.95 bits per heavy atom. The Labute approximate surface area is 258 Å². The van der Waals surface area contributed by atoms with E-state index in [-0.39, 0.29) is 10.9 Å². The van der Waals surface area contributed by atoms with Crippen molar-refractivity contribution in [3.8, 4) is 5.75 Å². The molecule has 0 bridgehead atoms. The van der Waals surface area contributed by atoms with Gasteiger partial charge in [0, 0.05) is 10.5 Å². The van der Waals surface area contributed by atoms with Crippen LogP contribution in [0.2, 0.25) is 5.04 Å². The lowest BCUT2D eigenvalue weighted by atomic mass is 10.2. The summed E-state index contributed by atoms with van der Waals surface area (Å²) in [4.78, 5) is 25.9. The molecule has 0 aromatic heterocycles. The Morgan fingerprint density at radius 2 is 1.46 bits per heavy atom. The lowest BCUT2D eigenvalue weighted by Gasteiger charge is -2.43. The van der Waals surface area contributed by atoms with Crippen LogP contribution in [-0.4, -0.2) is 44.0 Å². The summed E-state index contributed by atoms with van der Waals surface area (Å²) >= 11 is 5.19. The highest BCUT2D eigenvalue weighted by Crippen LogP contribution is 2.39. The van der Waals surface area contributed by atoms with Crippen molar-refractivity contribution in [2.24, 2.45) is 0 Å². The molecule has 41 heavy (non-hydrogen) atoms. The molecule has 0 saturated carbocycles. The quantitative estimate of drug-likeness (QED) is 0.231. The van der Waals surface area contributed by atoms with Crippen LogP contribution in [-0.2, 0) is 9.53 Å². The molecule has 3 rings (SSSR count). The molecule has 3 aromatic carbocycles. The molecule has 0 aliphatic rings. The van der Waals surface area contributed by atoms with Crippen molar-refractivity contribution < 1.29 is 18.8 Å². The molecule has 2 amide bonds. The van der Waals surface area contributed by atoms with Gasteiger partial charge in [-0.2, -0.15) is 11.8 Å². The van der Waals surface area contributed by atoms with E-state index in [1.54, 1.807) is 32.5 Å². The summed E-state index contributed by atoms with van der Waals surface area (Å²) in [7, 11) is -2.86. The third-order valence-electron chi connectivity index (χ3n) is 6.50. The van der Waals surface area contributed by atoms with E-state index >= 15 is 0 Å². The maximum absolute atomic E-state index is 13.4. The van der Waals surface area contributed by atoms with Crippen LogP contribution in [0.3, 0.4) is 0 Å². The van der Waals surface area contributed by atoms with Crippen molar-refractivity contribution >= 4 is 64.1 Å². The summed E-state index contributed by atoms with van der Waals surface area (Å²) in [6.45, 7) is 12.0. The third-order valence-corrected chi connectivity index (χ3v) is 12.8. The van der Waals surface area contributed by atoms with E-state index in [1.165, 1.54) is 0 Å². The first-order valence-corrected chi connectivity index (χ1v) is 17.8. The van der Waals surface area contributed by atoms with Crippen LogP contribution in [0, 0.1) is 0 Å². The van der Waals surface area contributed by atoms with Gasteiger partial charge in [-0.3, -0.25) is 4.79 Å². The number of rotatable bonds is 10. The number of ether oxygens (including phenoxy) is 1. The average Bonchev–Trinajstić information content (AvgIpc) is 2.90. The number of nitrogens with one attached hydrogen (secondary N) is 2. The summed E-state index contributed by atoms with van der Waals surface area (Å²) in [6.07, 6.45) is 1.80. The molecular weight excluding hydrogens is 616 g/mol. The van der Waals surface area contributed by atoms with Gasteiger partial charge >= 0.3 is 14.4 Å². The van der Waals surface area contributed by atoms with Crippen LogP contribution in [0.15, 0.2) is 83.3 Å². The van der Waals surface area contributed by atoms with E-state index in [2.05, 4.69) is 95.9 Å². The first kappa shape index (κ1) is 32.8. The first-order valence-electron chi connectivity index (χ1n) is 13.7. The van der Waals surface area contributed by atoms with Crippen molar-refractivity contribution in [1.82, 2.24) is 5.32 Å². The number of carbonyl (C=O) groups excluding carboxylic acids is 2. The number of hydrogen-bond acceptors (Lipinski definition) is 5. The fourth-order valence-corrected chi connectivity index (χ4v) is 9.89. The predicted molar refractivity (Wildman–Crippen MR) is 177 cm³/mol. The smallest absolute Gasteiger partial charge is 0.408 e. The minimum absolute atomic E-state index is 0.216. The number of benzene rings is 3. The fraction of sp³-hybridized carbons (Fsp3) is 0.375. The number of halogens is 1. The SMILES string of the molecule is CSCC[C@@H](NC(=O)OC(C)(C)C)C(=O)Nc1cc(O[Si](c2ccccc2)(c2ccccc2)C(C)(C)C)ccc1Br. The Bertz CT molecular complexity index is 1270. The lowest BCUT2D eigenvalue weighted by molar-refractivity contribution is -0.118. The summed E-state index contributed by atoms with van der Waals surface area (Å²) in [5, 5.41) is 7.84. The monoisotopic (exact) mass is 656 g/mol. The number of carbonyl (C=O) groups is 2. The number of thioether (sulfide) groups is 1. The maximum atomic E-state index is 13.4. The Morgan fingerprint density at radius 1 is 0.902 bits per heavy atom. The van der Waals surface area contributed by atoms with Gasteiger partial charge in [-0.25, -0.2) is 4.79 Å². The van der Waals surface area contributed by atoms with Gasteiger partial charge in [0.05, 0.1) is 5.69 Å². The second-order valence-corrected chi connectivity index (χ2v) is 17.9. The molecule has 0 aliphatic heterocycles. The second kappa shape index (κ2) is 13.9. The van der Waals surface area contributed by atoms with Crippen molar-refractivity contribution in [2.75, 3.05) is 17.3 Å². The van der Waals surface area contributed by atoms with Crippen molar-refractivity contribution in [3.63, 3.8) is 0 Å². The molecule has 0 unspecified atom stereocenters. The summed E-state index contributed by atoms with van der Waals surface area (Å²) in [5.74, 6) is 1.03. The molecule has 2 N–H and O–H groups in total. The normalized spacial score (nSPS) is 12.8. The van der Waals surface area contributed by atoms with E-state index < -0.39 is 26.1 Å². The van der Waals surface area contributed by atoms with Gasteiger partial charge < -0.3 is 19.8 Å². The molecule has 6 nitrogen and oxygen atoms in total. The van der Waals surface area contributed by atoms with Crippen LogP contribution in [0.4, 0.5) is 10.5 Å². The zero-order chi connectivity index (χ0) is 30.3. The molecule has 0 radical (unpaired) electrons. The molecule has 0 saturated heterocycles. The number of hydrogen-bond donors (Lipinski definition) is 2. The van der Waals surface area contributed by atoms with Crippen molar-refractivity contribution in [1.29, 1.82) is 0 Å². The van der Waals surface area contributed by atoms with Crippen molar-refractivity contribution in [3.05, 3.63) is 83.3 Å². The topological polar surface area (TPSA) is 76.7 Å². The molecule has 3 aromatic rings. The molecule has 0 aliphatic carbocycles. The molecule has 0 spiro atoms. The van der Waals surface area contributed by atoms with Gasteiger partial charge in [0.2, 0.25) is 5.91 Å². The summed E-state index contributed by atoms with van der Waals surface area (Å²) in [6, 6.07) is 25.7. The number of alkyl carbamates (subject to hydrolysis) is 1. The molecule has 9 heteroatoms. The summed E-state index contributed by atoms with van der Waals surface area (Å²) < 4.78 is 13.2. The average molecular weight is 658 g/mol. The van der Waals surface area contributed by atoms with Gasteiger partial charge in [-0.05, 0) is 82.7 Å². The Kier molecular flexibility index (Phi) is 11.1. The van der Waals surface area contributed by atoms with Gasteiger partial charge in [-0.1, -0.05) is 81.4 Å². The molecule has 0 fully saturated rings. The Balaban J connectivity index is 1.97. The molecular formula is C32H41BrN2O4SSi. The van der Waals surface area contributed by atoms with Crippen LogP contribution in [0.5, 0.6) is 5.75 Å². The minimum atomic E-state index is -2.86. The lowest BCUT2D eigenvalue weighted by Crippen LogP contribution is -2.68. The van der Waals surface area contributed by atoms with Gasteiger partial charge in [0.25, 0.3) is 0 Å². The first-order chi connectivity index (χ1) is 19.3. The second-order valence-electron chi connectivity index (χ2n) is 11.9. The van der Waals surface area contributed by atoms with E-state index in [1.807, 2.05) is 36.6 Å².